The lowest BCUT2D eigenvalue weighted by molar-refractivity contribution is 0.214. The molecule has 1 nitrogen and oxygen atoms in total. The molecule has 11 heavy (non-hydrogen) atoms. The summed E-state index contributed by atoms with van der Waals surface area (Å²) in [6, 6.07) is 0. The lowest BCUT2D eigenvalue weighted by Crippen LogP contribution is -2.16. The van der Waals surface area contributed by atoms with Crippen LogP contribution in [0.15, 0.2) is 23.3 Å². The molecule has 0 aromatic carbocycles. The average Bonchev–Trinajstić information content (AvgIpc) is 2.30. The number of hydrogen-bond acceptors (Lipinski definition) is 2. The standard InChI is InChI=1S/C9H12OS/c10-9-7-4-2-1-3-6(7)5-8(9)11/h1,3,8-11H,2,4-5H2. The van der Waals surface area contributed by atoms with Crippen molar-refractivity contribution in [3.8, 4) is 0 Å². The summed E-state index contributed by atoms with van der Waals surface area (Å²) in [5.41, 5.74) is 2.55. The van der Waals surface area contributed by atoms with Crippen LogP contribution < -0.4 is 0 Å². The van der Waals surface area contributed by atoms with Gasteiger partial charge in [-0.25, -0.2) is 0 Å². The molecule has 2 heteroatoms. The molecule has 0 spiro atoms. The smallest absolute Gasteiger partial charge is 0.0875 e. The average molecular weight is 168 g/mol. The van der Waals surface area contributed by atoms with E-state index in [1.165, 1.54) is 11.1 Å². The summed E-state index contributed by atoms with van der Waals surface area (Å²) in [5, 5.41) is 9.77. The van der Waals surface area contributed by atoms with E-state index >= 15 is 0 Å². The number of rotatable bonds is 0. The van der Waals surface area contributed by atoms with Gasteiger partial charge in [0.15, 0.2) is 0 Å². The van der Waals surface area contributed by atoms with E-state index < -0.39 is 0 Å². The zero-order valence-electron chi connectivity index (χ0n) is 6.33. The Bertz CT molecular complexity index is 230. The lowest BCUT2D eigenvalue weighted by atomic mass is 9.99. The summed E-state index contributed by atoms with van der Waals surface area (Å²) in [5.74, 6) is 0. The van der Waals surface area contributed by atoms with Crippen molar-refractivity contribution < 1.29 is 5.11 Å². The Labute approximate surface area is 72.2 Å². The van der Waals surface area contributed by atoms with Gasteiger partial charge in [0, 0.05) is 5.25 Å². The minimum atomic E-state index is -0.279. The first-order valence-electron chi connectivity index (χ1n) is 4.03. The minimum absolute atomic E-state index is 0.141. The monoisotopic (exact) mass is 168 g/mol. The summed E-state index contributed by atoms with van der Waals surface area (Å²) in [6.45, 7) is 0. The van der Waals surface area contributed by atoms with E-state index in [2.05, 4.69) is 24.8 Å². The molecule has 0 saturated carbocycles. The van der Waals surface area contributed by atoms with E-state index in [1.807, 2.05) is 0 Å². The largest absolute Gasteiger partial charge is 0.388 e. The molecule has 0 aliphatic heterocycles. The number of hydrogen-bond donors (Lipinski definition) is 2. The zero-order valence-corrected chi connectivity index (χ0v) is 7.22. The maximum atomic E-state index is 9.62. The second-order valence-electron chi connectivity index (χ2n) is 3.21. The van der Waals surface area contributed by atoms with Gasteiger partial charge in [-0.05, 0) is 30.4 Å². The fourth-order valence-corrected chi connectivity index (χ4v) is 2.21. The lowest BCUT2D eigenvalue weighted by Gasteiger charge is -2.12. The van der Waals surface area contributed by atoms with Gasteiger partial charge in [0.25, 0.3) is 0 Å². The van der Waals surface area contributed by atoms with Crippen molar-refractivity contribution in [2.75, 3.05) is 0 Å². The molecule has 0 bridgehead atoms. The first-order chi connectivity index (χ1) is 5.29. The van der Waals surface area contributed by atoms with E-state index in [9.17, 15) is 5.11 Å². The van der Waals surface area contributed by atoms with Gasteiger partial charge >= 0.3 is 0 Å². The second kappa shape index (κ2) is 2.68. The zero-order chi connectivity index (χ0) is 7.84. The summed E-state index contributed by atoms with van der Waals surface area (Å²) in [7, 11) is 0. The molecule has 2 unspecified atom stereocenters. The first-order valence-corrected chi connectivity index (χ1v) is 4.55. The van der Waals surface area contributed by atoms with Crippen LogP contribution in [0.4, 0.5) is 0 Å². The van der Waals surface area contributed by atoms with Crippen molar-refractivity contribution in [2.45, 2.75) is 30.6 Å². The Balaban J connectivity index is 2.28. The summed E-state index contributed by atoms with van der Waals surface area (Å²) < 4.78 is 0. The van der Waals surface area contributed by atoms with Crippen molar-refractivity contribution in [2.24, 2.45) is 0 Å². The minimum Gasteiger partial charge on any atom is -0.388 e. The molecule has 0 heterocycles. The molecule has 0 aromatic heterocycles. The molecule has 2 rings (SSSR count). The van der Waals surface area contributed by atoms with Crippen LogP contribution in [0.5, 0.6) is 0 Å². The van der Waals surface area contributed by atoms with Crippen LogP contribution in [0.25, 0.3) is 0 Å². The predicted octanol–water partition coefficient (Wildman–Crippen LogP) is 1.70. The fraction of sp³-hybridized carbons (Fsp3) is 0.556. The van der Waals surface area contributed by atoms with Crippen LogP contribution in [-0.4, -0.2) is 16.5 Å². The quantitative estimate of drug-likeness (QED) is 0.527. The maximum Gasteiger partial charge on any atom is 0.0875 e. The molecule has 2 aliphatic rings. The summed E-state index contributed by atoms with van der Waals surface area (Å²) >= 11 is 4.32. The van der Waals surface area contributed by atoms with Gasteiger partial charge in [-0.2, -0.15) is 12.6 Å². The van der Waals surface area contributed by atoms with Gasteiger partial charge in [-0.1, -0.05) is 12.2 Å². The number of aliphatic hydroxyl groups excluding tert-OH is 1. The van der Waals surface area contributed by atoms with E-state index in [0.717, 1.165) is 19.3 Å². The second-order valence-corrected chi connectivity index (χ2v) is 3.87. The highest BCUT2D eigenvalue weighted by molar-refractivity contribution is 7.81. The van der Waals surface area contributed by atoms with E-state index in [0.29, 0.717) is 0 Å². The molecule has 2 atom stereocenters. The number of aliphatic hydroxyl groups is 1. The molecule has 0 fully saturated rings. The van der Waals surface area contributed by atoms with Gasteiger partial charge in [0.1, 0.15) is 0 Å². The topological polar surface area (TPSA) is 20.2 Å². The third-order valence-corrected chi connectivity index (χ3v) is 2.93. The van der Waals surface area contributed by atoms with Crippen LogP contribution >= 0.6 is 12.6 Å². The molecule has 0 amide bonds. The highest BCUT2D eigenvalue weighted by Crippen LogP contribution is 2.36. The van der Waals surface area contributed by atoms with Crippen molar-refractivity contribution in [3.05, 3.63) is 23.3 Å². The highest BCUT2D eigenvalue weighted by Gasteiger charge is 2.30. The molecular formula is C9H12OS. The van der Waals surface area contributed by atoms with Gasteiger partial charge in [0.2, 0.25) is 0 Å². The summed E-state index contributed by atoms with van der Waals surface area (Å²) in [6.07, 6.45) is 7.09. The van der Waals surface area contributed by atoms with Crippen molar-refractivity contribution in [1.82, 2.24) is 0 Å². The van der Waals surface area contributed by atoms with Crippen molar-refractivity contribution in [1.29, 1.82) is 0 Å². The van der Waals surface area contributed by atoms with E-state index in [1.54, 1.807) is 0 Å². The Hall–Kier alpha value is -0.210. The third kappa shape index (κ3) is 1.14. The van der Waals surface area contributed by atoms with Crippen molar-refractivity contribution in [3.63, 3.8) is 0 Å². The molecular weight excluding hydrogens is 156 g/mol. The van der Waals surface area contributed by atoms with Crippen LogP contribution in [0, 0.1) is 0 Å². The predicted molar refractivity (Wildman–Crippen MR) is 48.8 cm³/mol. The van der Waals surface area contributed by atoms with Crippen LogP contribution in [0.2, 0.25) is 0 Å². The summed E-state index contributed by atoms with van der Waals surface area (Å²) in [4.78, 5) is 0. The van der Waals surface area contributed by atoms with Crippen LogP contribution in [0.1, 0.15) is 19.3 Å². The Morgan fingerprint density at radius 3 is 3.09 bits per heavy atom. The van der Waals surface area contributed by atoms with Gasteiger partial charge in [-0.15, -0.1) is 0 Å². The van der Waals surface area contributed by atoms with Crippen LogP contribution in [0.3, 0.4) is 0 Å². The fourth-order valence-electron chi connectivity index (χ4n) is 1.84. The van der Waals surface area contributed by atoms with E-state index in [-0.39, 0.29) is 11.4 Å². The molecule has 2 aliphatic carbocycles. The molecule has 0 saturated heterocycles. The number of thiol groups is 1. The molecule has 60 valence electrons. The normalized spacial score (nSPS) is 36.2. The number of allylic oxidation sites excluding steroid dienone is 3. The van der Waals surface area contributed by atoms with E-state index in [4.69, 9.17) is 0 Å². The Kier molecular flexibility index (Phi) is 1.81. The Morgan fingerprint density at radius 1 is 1.55 bits per heavy atom. The van der Waals surface area contributed by atoms with Crippen molar-refractivity contribution >= 4 is 12.6 Å². The SMILES string of the molecule is OC1C2=C(C=CCC2)CC1S. The Morgan fingerprint density at radius 2 is 2.36 bits per heavy atom. The van der Waals surface area contributed by atoms with Crippen LogP contribution in [-0.2, 0) is 0 Å². The van der Waals surface area contributed by atoms with Gasteiger partial charge in [-0.3, -0.25) is 0 Å². The van der Waals surface area contributed by atoms with Gasteiger partial charge < -0.3 is 5.11 Å². The maximum absolute atomic E-state index is 9.62. The molecule has 0 radical (unpaired) electrons. The third-order valence-electron chi connectivity index (χ3n) is 2.46. The van der Waals surface area contributed by atoms with Gasteiger partial charge in [0.05, 0.1) is 6.10 Å². The highest BCUT2D eigenvalue weighted by atomic mass is 32.1. The molecule has 1 N–H and O–H groups in total. The first kappa shape index (κ1) is 7.44. The molecule has 0 aromatic rings.